The Labute approximate surface area is 160 Å². The molecule has 0 aliphatic carbocycles. The Bertz CT molecular complexity index is 987. The van der Waals surface area contributed by atoms with Gasteiger partial charge < -0.3 is 14.8 Å². The highest BCUT2D eigenvalue weighted by Crippen LogP contribution is 2.36. The first kappa shape index (κ1) is 18.7. The molecular formula is C19H17ClFN3O3. The first-order valence-corrected chi connectivity index (χ1v) is 8.35. The highest BCUT2D eigenvalue weighted by Gasteiger charge is 2.18. The van der Waals surface area contributed by atoms with Gasteiger partial charge in [0.25, 0.3) is 5.91 Å². The highest BCUT2D eigenvalue weighted by molar-refractivity contribution is 6.32. The number of carbonyl (C=O) groups excluding carboxylic acids is 1. The Hall–Kier alpha value is -3.06. The number of ether oxygens (including phenoxy) is 2. The van der Waals surface area contributed by atoms with Crippen LogP contribution in [-0.2, 0) is 0 Å². The lowest BCUT2D eigenvalue weighted by atomic mass is 10.2. The number of amides is 1. The number of methoxy groups -OCH3 is 2. The minimum atomic E-state index is -0.372. The summed E-state index contributed by atoms with van der Waals surface area (Å²) in [4.78, 5) is 12.7. The predicted octanol–water partition coefficient (Wildman–Crippen LogP) is 4.24. The summed E-state index contributed by atoms with van der Waals surface area (Å²) in [5, 5.41) is 7.37. The van der Waals surface area contributed by atoms with Crippen LogP contribution in [0.1, 0.15) is 16.1 Å². The van der Waals surface area contributed by atoms with Crippen LogP contribution in [0.15, 0.2) is 42.6 Å². The van der Waals surface area contributed by atoms with Gasteiger partial charge in [0.2, 0.25) is 0 Å². The molecule has 0 aliphatic rings. The number of anilines is 1. The molecule has 1 heterocycles. The quantitative estimate of drug-likeness (QED) is 0.708. The minimum absolute atomic E-state index is 0.342. The smallest absolute Gasteiger partial charge is 0.259 e. The Kier molecular flexibility index (Phi) is 5.32. The lowest BCUT2D eigenvalue weighted by molar-refractivity contribution is 0.102. The zero-order valence-electron chi connectivity index (χ0n) is 14.9. The largest absolute Gasteiger partial charge is 0.495 e. The van der Waals surface area contributed by atoms with E-state index in [1.54, 1.807) is 35.9 Å². The van der Waals surface area contributed by atoms with Crippen LogP contribution in [0.2, 0.25) is 5.02 Å². The number of halogens is 2. The molecule has 3 aromatic rings. The van der Waals surface area contributed by atoms with E-state index in [4.69, 9.17) is 21.1 Å². The van der Waals surface area contributed by atoms with Crippen molar-refractivity contribution in [3.05, 3.63) is 64.7 Å². The van der Waals surface area contributed by atoms with Gasteiger partial charge in [0.15, 0.2) is 0 Å². The van der Waals surface area contributed by atoms with E-state index >= 15 is 0 Å². The van der Waals surface area contributed by atoms with Crippen LogP contribution in [-0.4, -0.2) is 29.9 Å². The number of carbonyl (C=O) groups is 1. The molecule has 0 unspecified atom stereocenters. The van der Waals surface area contributed by atoms with Gasteiger partial charge >= 0.3 is 0 Å². The summed E-state index contributed by atoms with van der Waals surface area (Å²) in [6.07, 6.45) is 1.45. The summed E-state index contributed by atoms with van der Waals surface area (Å²) in [6, 6.07) is 8.99. The fraction of sp³-hybridized carbons (Fsp3) is 0.158. The van der Waals surface area contributed by atoms with Crippen molar-refractivity contribution in [1.29, 1.82) is 0 Å². The second-order valence-corrected chi connectivity index (χ2v) is 6.08. The third kappa shape index (κ3) is 3.73. The Balaban J connectivity index is 1.91. The standard InChI is InChI=1S/C19H17ClFN3O3/c1-11-14(10-22-24(11)13-6-4-12(21)5-7-13)19(25)23-16-9-17(26-2)15(20)8-18(16)27-3/h4-10H,1-3H3,(H,23,25). The Morgan fingerprint density at radius 2 is 1.81 bits per heavy atom. The molecule has 0 bridgehead atoms. The molecule has 140 valence electrons. The van der Waals surface area contributed by atoms with E-state index in [-0.39, 0.29) is 11.7 Å². The molecule has 0 saturated carbocycles. The van der Waals surface area contributed by atoms with Crippen LogP contribution in [0, 0.1) is 12.7 Å². The topological polar surface area (TPSA) is 65.4 Å². The summed E-state index contributed by atoms with van der Waals surface area (Å²) in [5.74, 6) is 0.0954. The normalized spacial score (nSPS) is 10.6. The van der Waals surface area contributed by atoms with Gasteiger partial charge in [0.05, 0.1) is 48.1 Å². The van der Waals surface area contributed by atoms with Gasteiger partial charge in [0.1, 0.15) is 17.3 Å². The maximum absolute atomic E-state index is 13.1. The SMILES string of the molecule is COc1cc(NC(=O)c2cnn(-c3ccc(F)cc3)c2C)c(OC)cc1Cl. The Morgan fingerprint density at radius 1 is 1.15 bits per heavy atom. The van der Waals surface area contributed by atoms with E-state index in [0.717, 1.165) is 0 Å². The highest BCUT2D eigenvalue weighted by atomic mass is 35.5. The van der Waals surface area contributed by atoms with E-state index in [9.17, 15) is 9.18 Å². The third-order valence-corrected chi connectivity index (χ3v) is 4.34. The summed E-state index contributed by atoms with van der Waals surface area (Å²) >= 11 is 6.08. The van der Waals surface area contributed by atoms with E-state index in [2.05, 4.69) is 10.4 Å². The second-order valence-electron chi connectivity index (χ2n) is 5.67. The van der Waals surface area contributed by atoms with Gasteiger partial charge in [0, 0.05) is 12.1 Å². The van der Waals surface area contributed by atoms with E-state index in [0.29, 0.717) is 39.2 Å². The molecule has 0 atom stereocenters. The number of rotatable bonds is 5. The number of nitrogens with zero attached hydrogens (tertiary/aromatic N) is 2. The van der Waals surface area contributed by atoms with Gasteiger partial charge in [-0.25, -0.2) is 9.07 Å². The summed E-state index contributed by atoms with van der Waals surface area (Å²) in [7, 11) is 2.96. The maximum Gasteiger partial charge on any atom is 0.259 e. The lowest BCUT2D eigenvalue weighted by Crippen LogP contribution is -2.14. The molecule has 8 heteroatoms. The van der Waals surface area contributed by atoms with E-state index in [1.165, 1.54) is 32.5 Å². The van der Waals surface area contributed by atoms with E-state index in [1.807, 2.05) is 0 Å². The van der Waals surface area contributed by atoms with Crippen molar-refractivity contribution in [3.63, 3.8) is 0 Å². The molecule has 1 aromatic heterocycles. The number of nitrogens with one attached hydrogen (secondary N) is 1. The summed E-state index contributed by atoms with van der Waals surface area (Å²) < 4.78 is 25.1. The molecule has 0 radical (unpaired) electrons. The summed E-state index contributed by atoms with van der Waals surface area (Å²) in [5.41, 5.74) is 2.05. The van der Waals surface area contributed by atoms with Crippen molar-refractivity contribution in [1.82, 2.24) is 9.78 Å². The van der Waals surface area contributed by atoms with E-state index < -0.39 is 0 Å². The second kappa shape index (κ2) is 7.67. The van der Waals surface area contributed by atoms with Crippen molar-refractivity contribution in [2.45, 2.75) is 6.92 Å². The number of benzene rings is 2. The van der Waals surface area contributed by atoms with Crippen LogP contribution < -0.4 is 14.8 Å². The van der Waals surface area contributed by atoms with Crippen molar-refractivity contribution < 1.29 is 18.7 Å². The van der Waals surface area contributed by atoms with Crippen molar-refractivity contribution in [3.8, 4) is 17.2 Å². The van der Waals surface area contributed by atoms with Crippen LogP contribution in [0.25, 0.3) is 5.69 Å². The fourth-order valence-electron chi connectivity index (χ4n) is 2.62. The maximum atomic E-state index is 13.1. The van der Waals surface area contributed by atoms with Crippen LogP contribution in [0.5, 0.6) is 11.5 Å². The monoisotopic (exact) mass is 389 g/mol. The average molecular weight is 390 g/mol. The molecular weight excluding hydrogens is 373 g/mol. The number of aromatic nitrogens is 2. The molecule has 3 rings (SSSR count). The van der Waals surface area contributed by atoms with Gasteiger partial charge in [-0.2, -0.15) is 5.10 Å². The molecule has 1 amide bonds. The molecule has 0 spiro atoms. The number of hydrogen-bond acceptors (Lipinski definition) is 4. The van der Waals surface area contributed by atoms with Crippen molar-refractivity contribution in [2.24, 2.45) is 0 Å². The van der Waals surface area contributed by atoms with Gasteiger partial charge in [-0.05, 0) is 31.2 Å². The zero-order chi connectivity index (χ0) is 19.6. The van der Waals surface area contributed by atoms with Gasteiger partial charge in [-0.15, -0.1) is 0 Å². The molecule has 1 N–H and O–H groups in total. The first-order chi connectivity index (χ1) is 12.9. The molecule has 0 saturated heterocycles. The summed E-state index contributed by atoms with van der Waals surface area (Å²) in [6.45, 7) is 1.75. The van der Waals surface area contributed by atoms with Crippen molar-refractivity contribution in [2.75, 3.05) is 19.5 Å². The molecule has 6 nitrogen and oxygen atoms in total. The van der Waals surface area contributed by atoms with Gasteiger partial charge in [-0.3, -0.25) is 4.79 Å². The van der Waals surface area contributed by atoms with Crippen LogP contribution >= 0.6 is 11.6 Å². The lowest BCUT2D eigenvalue weighted by Gasteiger charge is -2.13. The third-order valence-electron chi connectivity index (χ3n) is 4.05. The predicted molar refractivity (Wildman–Crippen MR) is 101 cm³/mol. The molecule has 0 fully saturated rings. The fourth-order valence-corrected chi connectivity index (χ4v) is 2.85. The zero-order valence-corrected chi connectivity index (χ0v) is 15.7. The van der Waals surface area contributed by atoms with Gasteiger partial charge in [-0.1, -0.05) is 11.6 Å². The molecule has 0 aliphatic heterocycles. The van der Waals surface area contributed by atoms with Crippen molar-refractivity contribution >= 4 is 23.2 Å². The first-order valence-electron chi connectivity index (χ1n) is 7.98. The average Bonchev–Trinajstić information content (AvgIpc) is 3.05. The molecule has 27 heavy (non-hydrogen) atoms. The molecule has 2 aromatic carbocycles. The van der Waals surface area contributed by atoms with Crippen LogP contribution in [0.3, 0.4) is 0 Å². The number of hydrogen-bond donors (Lipinski definition) is 1. The Morgan fingerprint density at radius 3 is 2.44 bits per heavy atom. The minimum Gasteiger partial charge on any atom is -0.495 e. The van der Waals surface area contributed by atoms with Crippen LogP contribution in [0.4, 0.5) is 10.1 Å².